The predicted octanol–water partition coefficient (Wildman–Crippen LogP) is -6.31. The highest BCUT2D eigenvalue weighted by molar-refractivity contribution is 6.03. The zero-order chi connectivity index (χ0) is 106. The van der Waals surface area contributed by atoms with Crippen LogP contribution in [0.5, 0.6) is 11.5 Å². The number of H-pyrrole nitrogens is 1. The number of nitrogens with one attached hydrogen (secondary N) is 14. The Labute approximate surface area is 822 Å². The molecule has 51 heteroatoms. The van der Waals surface area contributed by atoms with E-state index in [1.807, 2.05) is 0 Å². The van der Waals surface area contributed by atoms with Crippen LogP contribution >= 0.6 is 0 Å². The fourth-order valence-corrected chi connectivity index (χ4v) is 16.9. The van der Waals surface area contributed by atoms with Crippen LogP contribution in [0.2, 0.25) is 0 Å². The predicted molar refractivity (Wildman–Crippen MR) is 502 cm³/mol. The maximum Gasteiger partial charge on any atom is 0.326 e. The molecule has 0 radical (unpaired) electrons. The molecule has 784 valence electrons. The summed E-state index contributed by atoms with van der Waals surface area (Å²) in [5.74, 6) is -25.4. The first-order valence-electron chi connectivity index (χ1n) is 47.4. The lowest BCUT2D eigenvalue weighted by atomic mass is 9.95. The van der Waals surface area contributed by atoms with Crippen molar-refractivity contribution in [2.75, 3.05) is 32.7 Å². The Morgan fingerprint density at radius 3 is 1.30 bits per heavy atom. The molecule has 2 aromatic carbocycles. The molecule has 7 rings (SSSR count). The van der Waals surface area contributed by atoms with Crippen LogP contribution in [0.4, 0.5) is 0 Å². The number of imidazole rings is 1. The summed E-state index contributed by atoms with van der Waals surface area (Å²) in [6.45, 7) is 11.6. The van der Waals surface area contributed by atoms with Crippen molar-refractivity contribution >= 4 is 136 Å². The van der Waals surface area contributed by atoms with E-state index in [1.54, 1.807) is 41.5 Å². The van der Waals surface area contributed by atoms with E-state index in [1.165, 1.54) is 70.9 Å². The second kappa shape index (κ2) is 54.7. The average Bonchev–Trinajstić information content (AvgIpc) is 1.64. The summed E-state index contributed by atoms with van der Waals surface area (Å²) in [7, 11) is 0. The van der Waals surface area contributed by atoms with Gasteiger partial charge in [0.1, 0.15) is 108 Å². The molecule has 0 saturated carbocycles. The van der Waals surface area contributed by atoms with Crippen LogP contribution in [0.25, 0.3) is 0 Å². The van der Waals surface area contributed by atoms with Gasteiger partial charge in [0.05, 0.1) is 38.2 Å². The third kappa shape index (κ3) is 35.3. The Hall–Kier alpha value is -15.0. The number of hydrogen-bond donors (Lipinski definition) is 23. The molecule has 0 aliphatic carbocycles. The van der Waals surface area contributed by atoms with Crippen molar-refractivity contribution in [3.63, 3.8) is 0 Å². The van der Waals surface area contributed by atoms with E-state index in [2.05, 4.69) is 79.1 Å². The van der Waals surface area contributed by atoms with Gasteiger partial charge in [-0.25, -0.2) is 9.78 Å². The van der Waals surface area contributed by atoms with Crippen LogP contribution in [0, 0.1) is 17.8 Å². The Morgan fingerprint density at radius 1 is 0.406 bits per heavy atom. The second-order valence-electron chi connectivity index (χ2n) is 37.0. The Balaban J connectivity index is 0.980. The summed E-state index contributed by atoms with van der Waals surface area (Å²) in [6.07, 6.45) is -1.46. The van der Waals surface area contributed by atoms with Gasteiger partial charge in [0.15, 0.2) is 0 Å². The smallest absolute Gasteiger partial charge is 0.326 e. The lowest BCUT2D eigenvalue weighted by Crippen LogP contribution is -2.60. The maximum atomic E-state index is 15.0. The van der Waals surface area contributed by atoms with E-state index >= 15 is 0 Å². The molecular weight excluding hydrogens is 1880 g/mol. The lowest BCUT2D eigenvalue weighted by Gasteiger charge is -2.35. The van der Waals surface area contributed by atoms with Crippen LogP contribution in [0.3, 0.4) is 0 Å². The number of likely N-dealkylation sites (tertiary alicyclic amines) is 4. The van der Waals surface area contributed by atoms with Crippen LogP contribution in [-0.2, 0) is 130 Å². The highest BCUT2D eigenvalue weighted by atomic mass is 16.4. The van der Waals surface area contributed by atoms with Gasteiger partial charge < -0.3 is 142 Å². The number of aromatic hydroxyl groups is 2. The minimum atomic E-state index is -2.04. The first-order chi connectivity index (χ1) is 67.4. The van der Waals surface area contributed by atoms with Gasteiger partial charge in [-0.3, -0.25) is 105 Å². The molecule has 0 bridgehead atoms. The summed E-state index contributed by atoms with van der Waals surface area (Å²) >= 11 is 0. The number of carbonyl (C=O) groups excluding carboxylic acids is 20. The van der Waals surface area contributed by atoms with Crippen molar-refractivity contribution in [3.8, 4) is 11.5 Å². The van der Waals surface area contributed by atoms with E-state index in [0.717, 1.165) is 23.6 Å². The number of amides is 20. The molecule has 4 aliphatic rings. The molecular formula is C92H133N23O28. The second-order valence-corrected chi connectivity index (χ2v) is 37.0. The third-order valence-corrected chi connectivity index (χ3v) is 24.7. The van der Waals surface area contributed by atoms with Crippen LogP contribution in [0.1, 0.15) is 188 Å². The number of hydrogen-bond acceptors (Lipinski definition) is 27. The Morgan fingerprint density at radius 2 is 0.811 bits per heavy atom. The molecule has 0 spiro atoms. The molecule has 20 amide bonds. The topological polar surface area (TPSA) is 796 Å². The number of nitrogens with two attached hydrogens (primary N) is 4. The van der Waals surface area contributed by atoms with Crippen LogP contribution in [-0.4, -0.2) is 327 Å². The van der Waals surface area contributed by atoms with Gasteiger partial charge in [-0.15, -0.1) is 0 Å². The van der Waals surface area contributed by atoms with Crippen molar-refractivity contribution in [3.05, 3.63) is 77.9 Å². The van der Waals surface area contributed by atoms with Crippen molar-refractivity contribution in [2.45, 2.75) is 293 Å². The molecule has 4 fully saturated rings. The molecule has 5 heterocycles. The van der Waals surface area contributed by atoms with Crippen molar-refractivity contribution < 1.29 is 136 Å². The fourth-order valence-electron chi connectivity index (χ4n) is 16.9. The zero-order valence-corrected chi connectivity index (χ0v) is 80.9. The van der Waals surface area contributed by atoms with E-state index in [9.17, 15) is 136 Å². The number of carboxylic acids is 3. The quantitative estimate of drug-likeness (QED) is 0.0250. The molecule has 27 N–H and O–H groups in total. The number of aliphatic carboxylic acids is 3. The van der Waals surface area contributed by atoms with Crippen molar-refractivity contribution in [2.24, 2.45) is 40.7 Å². The van der Waals surface area contributed by atoms with E-state index < -0.39 is 290 Å². The number of nitrogens with zero attached hydrogens (tertiary/aromatic N) is 5. The highest BCUT2D eigenvalue weighted by Gasteiger charge is 2.49. The molecule has 51 nitrogen and oxygen atoms in total. The third-order valence-electron chi connectivity index (χ3n) is 24.7. The van der Waals surface area contributed by atoms with Gasteiger partial charge in [0, 0.05) is 70.2 Å². The summed E-state index contributed by atoms with van der Waals surface area (Å²) in [4.78, 5) is 327. The number of benzene rings is 2. The number of aromatic amines is 1. The fraction of sp³-hybridized carbons (Fsp3) is 0.587. The average molecular weight is 2010 g/mol. The van der Waals surface area contributed by atoms with Crippen LogP contribution < -0.4 is 92.1 Å². The van der Waals surface area contributed by atoms with Gasteiger partial charge in [-0.1, -0.05) is 72.2 Å². The summed E-state index contributed by atoms with van der Waals surface area (Å²) in [5.41, 5.74) is 23.4. The van der Waals surface area contributed by atoms with Gasteiger partial charge in [-0.05, 0) is 144 Å². The Bertz CT molecular complexity index is 5100. The molecule has 3 aromatic rings. The number of phenols is 2. The largest absolute Gasteiger partial charge is 0.508 e. The standard InChI is InChI=1S/C92H133N23O28/c1-9-47(6)75(91(141)115-33-13-17-68(115)92(142)143)111-86(136)58(35-46(4)5)106-80(130)56(27-29-73(122)123)102-84(134)62(39-70(95)119)103-76(126)48(7)100-72(121)43-98-79(129)61(38-52-42-97-44-99-52)108-85(135)63(41-74(124)125)104-77(127)49(8)101-81(131)59(36-50-18-22-53(116)23-19-50)109-87(137)65-14-10-30-112(65)89(139)67-16-12-32-114(67)90(140)66-15-11-31-113(66)88(138)64(40-71(96)120)110-82(132)57(34-45(2)3)107-83(133)60(37-51-20-24-54(117)25-21-51)105-78(128)55(93)26-28-69(94)118/h18-25,42,44-49,55-68,75,116-117H,9-17,26-41,43,93H2,1-8H3,(H2,94,118)(H2,95,119)(H2,96,120)(H,97,99)(H,98,129)(H,100,121)(H,101,131)(H,102,134)(H,103,126)(H,104,127)(H,105,128)(H,106,130)(H,107,133)(H,108,135)(H,109,137)(H,110,132)(H,111,136)(H,122,123)(H,124,125)(H,142,143)/t47-,48-,49-,55-,56-,57-,58-,59-,60-,61-,62-,63-,64-,65-,66-,67-,68-,75-/m0/s1. The normalized spacial score (nSPS) is 18.4. The summed E-state index contributed by atoms with van der Waals surface area (Å²) in [6, 6.07) is -14.7. The number of rotatable bonds is 55. The van der Waals surface area contributed by atoms with E-state index in [4.69, 9.17) is 22.9 Å². The number of carboxylic acid groups (broad SMARTS) is 3. The number of carbonyl (C=O) groups is 23. The highest BCUT2D eigenvalue weighted by Crippen LogP contribution is 2.31. The van der Waals surface area contributed by atoms with E-state index in [-0.39, 0.29) is 139 Å². The first kappa shape index (κ1) is 115. The maximum absolute atomic E-state index is 15.0. The lowest BCUT2D eigenvalue weighted by molar-refractivity contribution is -0.151. The van der Waals surface area contributed by atoms with E-state index in [0.29, 0.717) is 24.0 Å². The summed E-state index contributed by atoms with van der Waals surface area (Å²) in [5, 5.41) is 81.3. The monoisotopic (exact) mass is 2010 g/mol. The molecule has 1 aromatic heterocycles. The molecule has 0 unspecified atom stereocenters. The Kier molecular flexibility index (Phi) is 44.0. The minimum absolute atomic E-state index is 0.00785. The molecule has 18 atom stereocenters. The first-order valence-corrected chi connectivity index (χ1v) is 47.4. The van der Waals surface area contributed by atoms with Gasteiger partial charge in [0.25, 0.3) is 0 Å². The molecule has 143 heavy (non-hydrogen) atoms. The van der Waals surface area contributed by atoms with Gasteiger partial charge >= 0.3 is 17.9 Å². The summed E-state index contributed by atoms with van der Waals surface area (Å²) < 4.78 is 0. The minimum Gasteiger partial charge on any atom is -0.508 e. The van der Waals surface area contributed by atoms with Gasteiger partial charge in [-0.2, -0.15) is 0 Å². The number of aromatic nitrogens is 2. The number of phenolic OH excluding ortho intramolecular Hbond substituents is 2. The molecule has 4 saturated heterocycles. The molecule has 4 aliphatic heterocycles. The van der Waals surface area contributed by atoms with Crippen LogP contribution in [0.15, 0.2) is 61.1 Å². The SMILES string of the molecule is CC[C@H](C)[C@H](NC(=O)[C@H](CC(C)C)NC(=O)[C@H](CCC(=O)O)NC(=O)[C@H](CC(N)=O)NC(=O)[C@H](C)NC(=O)CNC(=O)[C@H](Cc1cnc[nH]1)NC(=O)[C@H](CC(=O)O)NC(=O)[C@H](C)NC(=O)[C@H](Cc1ccc(O)cc1)NC(=O)[C@@H]1CCCN1C(=O)[C@@H]1CCCN1C(=O)[C@@H]1CCCN1C(=O)[C@H](CC(N)=O)NC(=O)[C@H](CC(C)C)NC(=O)[C@H](Cc1ccc(O)cc1)NC(=O)[C@@H](N)CCC(N)=O)C(=O)N1CCC[C@H]1C(=O)O. The van der Waals surface area contributed by atoms with Gasteiger partial charge in [0.2, 0.25) is 118 Å². The van der Waals surface area contributed by atoms with Crippen molar-refractivity contribution in [1.82, 2.24) is 98.7 Å². The zero-order valence-electron chi connectivity index (χ0n) is 80.9. The van der Waals surface area contributed by atoms with Crippen molar-refractivity contribution in [1.29, 1.82) is 0 Å². The number of primary amides is 3.